The molecule has 1 atom stereocenters. The van der Waals surface area contributed by atoms with Crippen molar-refractivity contribution in [1.29, 1.82) is 0 Å². The van der Waals surface area contributed by atoms with E-state index in [0.717, 1.165) is 0 Å². The van der Waals surface area contributed by atoms with Gasteiger partial charge in [-0.05, 0) is 42.9 Å². The molecule has 2 aromatic rings. The highest BCUT2D eigenvalue weighted by molar-refractivity contribution is 7.80. The summed E-state index contributed by atoms with van der Waals surface area (Å²) in [7, 11) is 3.02. The minimum Gasteiger partial charge on any atom is -0.465 e. The molecule has 31 heavy (non-hydrogen) atoms. The van der Waals surface area contributed by atoms with Gasteiger partial charge in [0.15, 0.2) is 5.11 Å². The van der Waals surface area contributed by atoms with Gasteiger partial charge in [-0.3, -0.25) is 14.9 Å². The average Bonchev–Trinajstić information content (AvgIpc) is 2.76. The van der Waals surface area contributed by atoms with E-state index in [4.69, 9.17) is 17.0 Å². The molecule has 1 amide bonds. The van der Waals surface area contributed by atoms with E-state index < -0.39 is 22.8 Å². The van der Waals surface area contributed by atoms with Crippen LogP contribution in [-0.4, -0.2) is 41.0 Å². The van der Waals surface area contributed by atoms with Crippen LogP contribution in [0.3, 0.4) is 0 Å². The lowest BCUT2D eigenvalue weighted by Crippen LogP contribution is -2.47. The minimum absolute atomic E-state index is 0.0808. The first-order valence-corrected chi connectivity index (χ1v) is 9.63. The van der Waals surface area contributed by atoms with Crippen LogP contribution in [0.5, 0.6) is 0 Å². The number of carbonyl (C=O) groups excluding carboxylic acids is 2. The third-order valence-corrected chi connectivity index (χ3v) is 5.40. The average molecular weight is 440 g/mol. The maximum Gasteiger partial charge on any atom is 0.338 e. The highest BCUT2D eigenvalue weighted by atomic mass is 32.1. The monoisotopic (exact) mass is 440 g/mol. The first kappa shape index (κ1) is 21.9. The van der Waals surface area contributed by atoms with Gasteiger partial charge in [0, 0.05) is 30.6 Å². The van der Waals surface area contributed by atoms with Crippen LogP contribution in [0.15, 0.2) is 59.8 Å². The van der Waals surface area contributed by atoms with Crippen molar-refractivity contribution < 1.29 is 19.2 Å². The van der Waals surface area contributed by atoms with Gasteiger partial charge in [-0.2, -0.15) is 0 Å². The van der Waals surface area contributed by atoms with Gasteiger partial charge in [0.2, 0.25) is 0 Å². The Morgan fingerprint density at radius 3 is 2.45 bits per heavy atom. The van der Waals surface area contributed by atoms with Crippen LogP contribution >= 0.6 is 12.2 Å². The molecule has 160 valence electrons. The standard InChI is InChI=1S/C21H20N4O5S/c1-12-17(19(26)22-13-8-10-14(11-9-13)25(28)29)18(23-21(31)24(12)2)15-6-4-5-7-16(15)20(27)30-3/h4-11,18H,1-3H3,(H,22,26)(H,23,31). The molecule has 0 aliphatic carbocycles. The number of nitro groups is 1. The summed E-state index contributed by atoms with van der Waals surface area (Å²) in [5.74, 6) is -0.965. The number of nitrogens with one attached hydrogen (secondary N) is 2. The first-order chi connectivity index (χ1) is 14.7. The van der Waals surface area contributed by atoms with Gasteiger partial charge < -0.3 is 20.3 Å². The number of ether oxygens (including phenoxy) is 1. The second kappa shape index (κ2) is 8.92. The van der Waals surface area contributed by atoms with Gasteiger partial charge in [0.1, 0.15) is 0 Å². The molecule has 9 nitrogen and oxygen atoms in total. The SMILES string of the molecule is COC(=O)c1ccccc1C1NC(=S)N(C)C(C)=C1C(=O)Nc1ccc([N+](=O)[O-])cc1. The summed E-state index contributed by atoms with van der Waals surface area (Å²) in [5, 5.41) is 17.1. The Morgan fingerprint density at radius 1 is 1.19 bits per heavy atom. The highest BCUT2D eigenvalue weighted by Crippen LogP contribution is 2.33. The summed E-state index contributed by atoms with van der Waals surface area (Å²) in [6.45, 7) is 1.76. The predicted molar refractivity (Wildman–Crippen MR) is 118 cm³/mol. The quantitative estimate of drug-likeness (QED) is 0.315. The van der Waals surface area contributed by atoms with E-state index in [9.17, 15) is 19.7 Å². The molecule has 1 heterocycles. The number of benzene rings is 2. The van der Waals surface area contributed by atoms with Crippen molar-refractivity contribution in [1.82, 2.24) is 10.2 Å². The smallest absolute Gasteiger partial charge is 0.338 e. The fraction of sp³-hybridized carbons (Fsp3) is 0.190. The van der Waals surface area contributed by atoms with Crippen LogP contribution in [0.4, 0.5) is 11.4 Å². The predicted octanol–water partition coefficient (Wildman–Crippen LogP) is 3.16. The van der Waals surface area contributed by atoms with E-state index >= 15 is 0 Å². The van der Waals surface area contributed by atoms with E-state index in [-0.39, 0.29) is 5.69 Å². The lowest BCUT2D eigenvalue weighted by Gasteiger charge is -2.36. The van der Waals surface area contributed by atoms with E-state index in [1.165, 1.54) is 31.4 Å². The van der Waals surface area contributed by atoms with Crippen molar-refractivity contribution >= 4 is 40.6 Å². The summed E-state index contributed by atoms with van der Waals surface area (Å²) in [6, 6.07) is 11.6. The number of carbonyl (C=O) groups is 2. The van der Waals surface area contributed by atoms with Gasteiger partial charge in [-0.25, -0.2) is 4.79 Å². The third kappa shape index (κ3) is 4.38. The zero-order valence-electron chi connectivity index (χ0n) is 17.0. The Morgan fingerprint density at radius 2 is 1.84 bits per heavy atom. The number of amides is 1. The number of hydrogen-bond acceptors (Lipinski definition) is 6. The summed E-state index contributed by atoms with van der Waals surface area (Å²) in [5.41, 5.74) is 2.12. The van der Waals surface area contributed by atoms with Crippen LogP contribution in [-0.2, 0) is 9.53 Å². The number of anilines is 1. The molecule has 0 fully saturated rings. The van der Waals surface area contributed by atoms with Gasteiger partial charge in [0.05, 0.1) is 29.2 Å². The number of hydrogen-bond donors (Lipinski definition) is 2. The van der Waals surface area contributed by atoms with Crippen molar-refractivity contribution in [2.75, 3.05) is 19.5 Å². The molecule has 1 aliphatic rings. The first-order valence-electron chi connectivity index (χ1n) is 9.22. The second-order valence-corrected chi connectivity index (χ2v) is 7.16. The topological polar surface area (TPSA) is 114 Å². The maximum atomic E-state index is 13.3. The zero-order chi connectivity index (χ0) is 22.7. The molecule has 1 aliphatic heterocycles. The van der Waals surface area contributed by atoms with Gasteiger partial charge >= 0.3 is 5.97 Å². The van der Waals surface area contributed by atoms with E-state index in [1.54, 1.807) is 43.1 Å². The fourth-order valence-corrected chi connectivity index (χ4v) is 3.53. The number of non-ortho nitro benzene ring substituents is 1. The Bertz CT molecular complexity index is 1100. The molecule has 10 heteroatoms. The van der Waals surface area contributed by atoms with Crippen LogP contribution in [0.25, 0.3) is 0 Å². The number of nitrogens with zero attached hydrogens (tertiary/aromatic N) is 2. The molecule has 0 spiro atoms. The van der Waals surface area contributed by atoms with E-state index in [1.807, 2.05) is 0 Å². The summed E-state index contributed by atoms with van der Waals surface area (Å²) < 4.78 is 4.88. The molecule has 1 unspecified atom stereocenters. The Labute approximate surface area is 183 Å². The highest BCUT2D eigenvalue weighted by Gasteiger charge is 2.34. The number of rotatable bonds is 5. The summed E-state index contributed by atoms with van der Waals surface area (Å²) in [6.07, 6.45) is 0. The maximum absolute atomic E-state index is 13.3. The zero-order valence-corrected chi connectivity index (χ0v) is 17.9. The fourth-order valence-electron chi connectivity index (χ4n) is 3.27. The molecule has 2 aromatic carbocycles. The summed E-state index contributed by atoms with van der Waals surface area (Å²) in [4.78, 5) is 37.5. The number of methoxy groups -OCH3 is 1. The molecule has 3 rings (SSSR count). The summed E-state index contributed by atoms with van der Waals surface area (Å²) >= 11 is 5.40. The van der Waals surface area contributed by atoms with E-state index in [2.05, 4.69) is 10.6 Å². The molecule has 2 N–H and O–H groups in total. The van der Waals surface area contributed by atoms with Gasteiger partial charge in [0.25, 0.3) is 11.6 Å². The number of allylic oxidation sites excluding steroid dienone is 1. The van der Waals surface area contributed by atoms with Gasteiger partial charge in [-0.1, -0.05) is 18.2 Å². The van der Waals surface area contributed by atoms with Crippen molar-refractivity contribution in [2.24, 2.45) is 0 Å². The van der Waals surface area contributed by atoms with Crippen LogP contribution in [0.1, 0.15) is 28.9 Å². The number of esters is 1. The molecule has 0 saturated carbocycles. The van der Waals surface area contributed by atoms with Crippen molar-refractivity contribution in [3.05, 3.63) is 81.0 Å². The second-order valence-electron chi connectivity index (χ2n) is 6.78. The number of nitro benzene ring substituents is 1. The normalized spacial score (nSPS) is 15.9. The third-order valence-electron chi connectivity index (χ3n) is 5.01. The molecular weight excluding hydrogens is 420 g/mol. The van der Waals surface area contributed by atoms with Crippen LogP contribution in [0, 0.1) is 10.1 Å². The van der Waals surface area contributed by atoms with E-state index in [0.29, 0.717) is 33.2 Å². The molecule has 0 saturated heterocycles. The minimum atomic E-state index is -0.697. The Kier molecular flexibility index (Phi) is 6.30. The van der Waals surface area contributed by atoms with Crippen molar-refractivity contribution in [2.45, 2.75) is 13.0 Å². The Balaban J connectivity index is 2.02. The molecule has 0 radical (unpaired) electrons. The number of thiocarbonyl (C=S) groups is 1. The molecular formula is C21H20N4O5S. The molecule has 0 aromatic heterocycles. The molecule has 0 bridgehead atoms. The lowest BCUT2D eigenvalue weighted by molar-refractivity contribution is -0.384. The lowest BCUT2D eigenvalue weighted by atomic mass is 9.91. The van der Waals surface area contributed by atoms with Crippen molar-refractivity contribution in [3.63, 3.8) is 0 Å². The van der Waals surface area contributed by atoms with Crippen molar-refractivity contribution in [3.8, 4) is 0 Å². The van der Waals surface area contributed by atoms with Crippen LogP contribution < -0.4 is 10.6 Å². The Hall–Kier alpha value is -3.79. The largest absolute Gasteiger partial charge is 0.465 e. The van der Waals surface area contributed by atoms with Gasteiger partial charge in [-0.15, -0.1) is 0 Å². The van der Waals surface area contributed by atoms with Crippen LogP contribution in [0.2, 0.25) is 0 Å².